The van der Waals surface area contributed by atoms with Crippen molar-refractivity contribution in [3.8, 4) is 11.5 Å². The van der Waals surface area contributed by atoms with Crippen LogP contribution in [-0.2, 0) is 32.6 Å². The van der Waals surface area contributed by atoms with Gasteiger partial charge in [0.15, 0.2) is 0 Å². The van der Waals surface area contributed by atoms with Crippen molar-refractivity contribution >= 4 is 39.1 Å². The van der Waals surface area contributed by atoms with Gasteiger partial charge >= 0.3 is 0 Å². The molecule has 9 nitrogen and oxygen atoms in total. The van der Waals surface area contributed by atoms with Gasteiger partial charge in [0.05, 0.1) is 24.8 Å². The van der Waals surface area contributed by atoms with Gasteiger partial charge in [-0.3, -0.25) is 13.9 Å². The van der Waals surface area contributed by atoms with E-state index in [0.717, 1.165) is 9.87 Å². The fourth-order valence-electron chi connectivity index (χ4n) is 4.72. The lowest BCUT2D eigenvalue weighted by Gasteiger charge is -2.33. The molecule has 230 valence electrons. The van der Waals surface area contributed by atoms with Crippen LogP contribution in [0, 0.1) is 0 Å². The van der Waals surface area contributed by atoms with E-state index in [1.807, 2.05) is 36.4 Å². The van der Waals surface area contributed by atoms with Gasteiger partial charge in [0.1, 0.15) is 24.1 Å². The highest BCUT2D eigenvalue weighted by molar-refractivity contribution is 7.92. The van der Waals surface area contributed by atoms with Crippen LogP contribution in [0.5, 0.6) is 11.5 Å². The molecule has 4 aromatic rings. The third kappa shape index (κ3) is 7.89. The van der Waals surface area contributed by atoms with Crippen LogP contribution in [-0.4, -0.2) is 59.0 Å². The number of hydrogen-bond donors (Lipinski definition) is 1. The molecule has 4 rings (SSSR count). The minimum Gasteiger partial charge on any atom is -0.497 e. The van der Waals surface area contributed by atoms with Crippen LogP contribution in [0.3, 0.4) is 0 Å². The largest absolute Gasteiger partial charge is 0.497 e. The summed E-state index contributed by atoms with van der Waals surface area (Å²) >= 11 is 6.26. The summed E-state index contributed by atoms with van der Waals surface area (Å²) in [4.78, 5) is 29.1. The molecular weight excluding hydrogens is 602 g/mol. The zero-order valence-corrected chi connectivity index (χ0v) is 26.2. The number of sulfonamides is 1. The summed E-state index contributed by atoms with van der Waals surface area (Å²) in [6.07, 6.45) is 0.207. The van der Waals surface area contributed by atoms with Crippen LogP contribution in [0.15, 0.2) is 108 Å². The molecule has 2 amide bonds. The summed E-state index contributed by atoms with van der Waals surface area (Å²) in [7, 11) is 0.255. The Bertz CT molecular complexity index is 1680. The van der Waals surface area contributed by atoms with Crippen molar-refractivity contribution in [3.05, 3.63) is 119 Å². The molecule has 0 saturated carbocycles. The van der Waals surface area contributed by atoms with E-state index in [9.17, 15) is 18.0 Å². The van der Waals surface area contributed by atoms with E-state index in [4.69, 9.17) is 21.1 Å². The Morgan fingerprint density at radius 3 is 2.11 bits per heavy atom. The van der Waals surface area contributed by atoms with E-state index in [2.05, 4.69) is 5.32 Å². The van der Waals surface area contributed by atoms with Gasteiger partial charge in [-0.2, -0.15) is 0 Å². The van der Waals surface area contributed by atoms with Gasteiger partial charge in [-0.05, 0) is 65.7 Å². The lowest BCUT2D eigenvalue weighted by molar-refractivity contribution is -0.139. The maximum atomic E-state index is 14.4. The second-order valence-corrected chi connectivity index (χ2v) is 12.2. The Kier molecular flexibility index (Phi) is 10.9. The number of amides is 2. The van der Waals surface area contributed by atoms with Crippen LogP contribution < -0.4 is 19.1 Å². The van der Waals surface area contributed by atoms with E-state index in [1.165, 1.54) is 56.5 Å². The predicted molar refractivity (Wildman–Crippen MR) is 171 cm³/mol. The van der Waals surface area contributed by atoms with Gasteiger partial charge in [0.25, 0.3) is 10.0 Å². The first kappa shape index (κ1) is 32.4. The molecule has 0 aromatic heterocycles. The number of anilines is 1. The van der Waals surface area contributed by atoms with E-state index < -0.39 is 34.4 Å². The van der Waals surface area contributed by atoms with Gasteiger partial charge in [0.2, 0.25) is 11.8 Å². The number of benzene rings is 4. The Morgan fingerprint density at radius 2 is 1.48 bits per heavy atom. The van der Waals surface area contributed by atoms with Gasteiger partial charge in [0, 0.05) is 25.0 Å². The number of hydrogen-bond acceptors (Lipinski definition) is 6. The molecule has 1 atom stereocenters. The van der Waals surface area contributed by atoms with Crippen molar-refractivity contribution < 1.29 is 27.5 Å². The first-order chi connectivity index (χ1) is 21.2. The molecule has 11 heteroatoms. The van der Waals surface area contributed by atoms with E-state index in [-0.39, 0.29) is 23.5 Å². The van der Waals surface area contributed by atoms with E-state index in [1.54, 1.807) is 36.4 Å². The van der Waals surface area contributed by atoms with Gasteiger partial charge < -0.3 is 19.7 Å². The average molecular weight is 636 g/mol. The fourth-order valence-corrected chi connectivity index (χ4v) is 6.31. The van der Waals surface area contributed by atoms with Crippen LogP contribution in [0.25, 0.3) is 0 Å². The summed E-state index contributed by atoms with van der Waals surface area (Å²) in [6.45, 7) is -0.576. The average Bonchev–Trinajstić information content (AvgIpc) is 3.05. The number of methoxy groups -OCH3 is 2. The van der Waals surface area contributed by atoms with E-state index in [0.29, 0.717) is 22.1 Å². The second kappa shape index (κ2) is 14.8. The number of halogens is 1. The molecule has 0 radical (unpaired) electrons. The first-order valence-electron chi connectivity index (χ1n) is 13.8. The SMILES string of the molecule is CNC(=O)[C@@H](Cc1ccccc1)N(Cc1cccc(OC)c1)C(=O)CN(c1cccc(Cl)c1)S(=O)(=O)c1ccc(OC)cc1. The fraction of sp³-hybridized carbons (Fsp3) is 0.212. The summed E-state index contributed by atoms with van der Waals surface area (Å²) in [6, 6.07) is 27.6. The lowest BCUT2D eigenvalue weighted by Crippen LogP contribution is -2.53. The van der Waals surface area contributed by atoms with Crippen molar-refractivity contribution in [2.24, 2.45) is 0 Å². The topological polar surface area (TPSA) is 105 Å². The molecular formula is C33H34ClN3O6S. The normalized spacial score (nSPS) is 11.7. The summed E-state index contributed by atoms with van der Waals surface area (Å²) in [5, 5.41) is 2.97. The number of rotatable bonds is 13. The maximum absolute atomic E-state index is 14.4. The molecule has 1 N–H and O–H groups in total. The maximum Gasteiger partial charge on any atom is 0.264 e. The summed E-state index contributed by atoms with van der Waals surface area (Å²) in [5.41, 5.74) is 1.73. The molecule has 0 bridgehead atoms. The van der Waals surface area contributed by atoms with Gasteiger partial charge in [-0.15, -0.1) is 0 Å². The zero-order chi connectivity index (χ0) is 31.7. The third-order valence-corrected chi connectivity index (χ3v) is 9.05. The van der Waals surface area contributed by atoms with Crippen molar-refractivity contribution in [2.45, 2.75) is 23.9 Å². The van der Waals surface area contributed by atoms with E-state index >= 15 is 0 Å². The smallest absolute Gasteiger partial charge is 0.264 e. The molecule has 0 unspecified atom stereocenters. The Hall–Kier alpha value is -4.54. The highest BCUT2D eigenvalue weighted by Gasteiger charge is 2.34. The monoisotopic (exact) mass is 635 g/mol. The highest BCUT2D eigenvalue weighted by atomic mass is 35.5. The second-order valence-electron chi connectivity index (χ2n) is 9.86. The molecule has 0 spiro atoms. The molecule has 0 aliphatic heterocycles. The number of nitrogens with one attached hydrogen (secondary N) is 1. The number of nitrogens with zero attached hydrogens (tertiary/aromatic N) is 2. The number of likely N-dealkylation sites (N-methyl/N-ethyl adjacent to an activating group) is 1. The number of carbonyl (C=O) groups is 2. The molecule has 0 aliphatic rings. The molecule has 0 saturated heterocycles. The highest BCUT2D eigenvalue weighted by Crippen LogP contribution is 2.28. The minimum absolute atomic E-state index is 0.0208. The lowest BCUT2D eigenvalue weighted by atomic mass is 10.0. The van der Waals surface area contributed by atoms with Crippen LogP contribution in [0.1, 0.15) is 11.1 Å². The predicted octanol–water partition coefficient (Wildman–Crippen LogP) is 4.94. The van der Waals surface area contributed by atoms with Crippen LogP contribution >= 0.6 is 11.6 Å². The molecule has 0 fully saturated rings. The molecule has 0 aliphatic carbocycles. The molecule has 44 heavy (non-hydrogen) atoms. The summed E-state index contributed by atoms with van der Waals surface area (Å²) < 4.78 is 39.7. The third-order valence-electron chi connectivity index (χ3n) is 7.03. The Morgan fingerprint density at radius 1 is 0.818 bits per heavy atom. The van der Waals surface area contributed by atoms with Crippen molar-refractivity contribution in [3.63, 3.8) is 0 Å². The Labute approximate surface area is 263 Å². The summed E-state index contributed by atoms with van der Waals surface area (Å²) in [5.74, 6) is 0.0806. The van der Waals surface area contributed by atoms with Crippen molar-refractivity contribution in [2.75, 3.05) is 32.1 Å². The molecule has 4 aromatic carbocycles. The van der Waals surface area contributed by atoms with Gasteiger partial charge in [-0.1, -0.05) is 60.1 Å². The van der Waals surface area contributed by atoms with Crippen molar-refractivity contribution in [1.29, 1.82) is 0 Å². The minimum atomic E-state index is -4.27. The van der Waals surface area contributed by atoms with Crippen LogP contribution in [0.4, 0.5) is 5.69 Å². The first-order valence-corrected chi connectivity index (χ1v) is 15.6. The quantitative estimate of drug-likeness (QED) is 0.223. The van der Waals surface area contributed by atoms with Gasteiger partial charge in [-0.25, -0.2) is 8.42 Å². The Balaban J connectivity index is 1.79. The standard InChI is InChI=1S/C33H34ClN3O6S/c1-35-33(39)31(20-24-9-5-4-6-10-24)36(22-25-11-7-14-29(19-25)43-3)32(38)23-37(27-13-8-12-26(34)21-27)44(40,41)30-17-15-28(42-2)16-18-30/h4-19,21,31H,20,22-23H2,1-3H3,(H,35,39)/t31-/m1/s1. The zero-order valence-electron chi connectivity index (χ0n) is 24.6. The van der Waals surface area contributed by atoms with Crippen LogP contribution in [0.2, 0.25) is 5.02 Å². The van der Waals surface area contributed by atoms with Crippen molar-refractivity contribution in [1.82, 2.24) is 10.2 Å². The number of ether oxygens (including phenoxy) is 2. The number of carbonyl (C=O) groups excluding carboxylic acids is 2. The molecule has 0 heterocycles.